The molecule has 3 aromatic rings. The molecule has 1 N–H and O–H groups in total. The molecule has 0 saturated heterocycles. The predicted octanol–water partition coefficient (Wildman–Crippen LogP) is 6.27. The summed E-state index contributed by atoms with van der Waals surface area (Å²) in [7, 11) is -4.12. The van der Waals surface area contributed by atoms with Crippen molar-refractivity contribution in [3.63, 3.8) is 0 Å². The Bertz CT molecular complexity index is 1490. The van der Waals surface area contributed by atoms with Crippen LogP contribution in [-0.2, 0) is 32.6 Å². The zero-order valence-corrected chi connectivity index (χ0v) is 26.1. The average molecular weight is 610 g/mol. The maximum Gasteiger partial charge on any atom is 0.264 e. The minimum absolute atomic E-state index is 0.0756. The Labute approximate surface area is 254 Å². The van der Waals surface area contributed by atoms with Gasteiger partial charge in [-0.3, -0.25) is 13.9 Å². The molecule has 1 aliphatic carbocycles. The van der Waals surface area contributed by atoms with E-state index in [9.17, 15) is 18.0 Å². The van der Waals surface area contributed by atoms with Crippen LogP contribution in [0, 0.1) is 6.92 Å². The highest BCUT2D eigenvalue weighted by Gasteiger charge is 2.34. The first kappa shape index (κ1) is 31.6. The third-order valence-corrected chi connectivity index (χ3v) is 9.90. The quantitative estimate of drug-likeness (QED) is 0.277. The number of amides is 2. The van der Waals surface area contributed by atoms with E-state index >= 15 is 0 Å². The fourth-order valence-corrected chi connectivity index (χ4v) is 7.05. The van der Waals surface area contributed by atoms with Gasteiger partial charge in [0.1, 0.15) is 12.6 Å². The summed E-state index contributed by atoms with van der Waals surface area (Å²) >= 11 is 6.25. The number of anilines is 1. The van der Waals surface area contributed by atoms with Crippen molar-refractivity contribution in [3.05, 3.63) is 94.5 Å². The molecule has 2 amide bonds. The van der Waals surface area contributed by atoms with Crippen molar-refractivity contribution in [3.8, 4) is 0 Å². The number of hydrogen-bond donors (Lipinski definition) is 1. The van der Waals surface area contributed by atoms with Gasteiger partial charge < -0.3 is 10.2 Å². The Morgan fingerprint density at radius 1 is 0.976 bits per heavy atom. The van der Waals surface area contributed by atoms with E-state index in [1.165, 1.54) is 9.21 Å². The van der Waals surface area contributed by atoms with Crippen molar-refractivity contribution in [1.82, 2.24) is 10.2 Å². The number of nitrogens with zero attached hydrogens (tertiary/aromatic N) is 2. The first-order valence-corrected chi connectivity index (χ1v) is 16.4. The Morgan fingerprint density at radius 2 is 1.67 bits per heavy atom. The lowest BCUT2D eigenvalue weighted by Gasteiger charge is -2.33. The van der Waals surface area contributed by atoms with Crippen LogP contribution in [-0.4, -0.2) is 43.8 Å². The molecule has 42 heavy (non-hydrogen) atoms. The lowest BCUT2D eigenvalue weighted by Crippen LogP contribution is -2.53. The highest BCUT2D eigenvalue weighted by molar-refractivity contribution is 7.92. The maximum absolute atomic E-state index is 14.2. The molecule has 0 radical (unpaired) electrons. The summed E-state index contributed by atoms with van der Waals surface area (Å²) in [5, 5.41) is 3.64. The number of hydrogen-bond acceptors (Lipinski definition) is 4. The van der Waals surface area contributed by atoms with Gasteiger partial charge in [-0.25, -0.2) is 8.42 Å². The second kappa shape index (κ2) is 14.2. The van der Waals surface area contributed by atoms with Gasteiger partial charge in [0.15, 0.2) is 0 Å². The smallest absolute Gasteiger partial charge is 0.264 e. The van der Waals surface area contributed by atoms with Crippen molar-refractivity contribution in [2.75, 3.05) is 10.8 Å². The Morgan fingerprint density at radius 3 is 2.33 bits per heavy atom. The number of benzene rings is 3. The fraction of sp³-hybridized carbons (Fsp3) is 0.394. The van der Waals surface area contributed by atoms with E-state index in [0.717, 1.165) is 48.8 Å². The molecular formula is C33H40ClN3O4S. The van der Waals surface area contributed by atoms with Gasteiger partial charge in [0, 0.05) is 17.6 Å². The molecule has 1 saturated carbocycles. The number of para-hydroxylation sites is 1. The van der Waals surface area contributed by atoms with Gasteiger partial charge >= 0.3 is 0 Å². The van der Waals surface area contributed by atoms with Crippen LogP contribution in [0.25, 0.3) is 0 Å². The molecule has 7 nitrogen and oxygen atoms in total. The van der Waals surface area contributed by atoms with E-state index in [4.69, 9.17) is 11.6 Å². The average Bonchev–Trinajstić information content (AvgIpc) is 2.99. The van der Waals surface area contributed by atoms with Crippen molar-refractivity contribution < 1.29 is 18.0 Å². The molecule has 9 heteroatoms. The number of halogens is 1. The number of carbonyl (C=O) groups is 2. The molecule has 1 atom stereocenters. The van der Waals surface area contributed by atoms with Gasteiger partial charge in [-0.1, -0.05) is 85.8 Å². The van der Waals surface area contributed by atoms with Crippen LogP contribution in [0.2, 0.25) is 5.02 Å². The second-order valence-corrected chi connectivity index (χ2v) is 13.3. The molecule has 0 spiro atoms. The summed E-state index contributed by atoms with van der Waals surface area (Å²) in [6, 6.07) is 20.2. The number of nitrogens with one attached hydrogen (secondary N) is 1. The van der Waals surface area contributed by atoms with E-state index in [2.05, 4.69) is 5.32 Å². The number of sulfonamides is 1. The van der Waals surface area contributed by atoms with Gasteiger partial charge in [0.2, 0.25) is 11.8 Å². The van der Waals surface area contributed by atoms with Gasteiger partial charge in [-0.15, -0.1) is 0 Å². The summed E-state index contributed by atoms with van der Waals surface area (Å²) in [6.07, 6.45) is 5.69. The minimum atomic E-state index is -4.12. The summed E-state index contributed by atoms with van der Waals surface area (Å²) in [4.78, 5) is 29.2. The van der Waals surface area contributed by atoms with Crippen LogP contribution < -0.4 is 9.62 Å². The zero-order valence-electron chi connectivity index (χ0n) is 24.6. The molecule has 3 aromatic carbocycles. The van der Waals surface area contributed by atoms with E-state index in [1.54, 1.807) is 61.5 Å². The van der Waals surface area contributed by atoms with Crippen molar-refractivity contribution in [1.29, 1.82) is 0 Å². The molecule has 0 aliphatic heterocycles. The Kier molecular flexibility index (Phi) is 10.7. The molecular weight excluding hydrogens is 570 g/mol. The lowest BCUT2D eigenvalue weighted by molar-refractivity contribution is -0.139. The third kappa shape index (κ3) is 7.72. The second-order valence-electron chi connectivity index (χ2n) is 11.0. The van der Waals surface area contributed by atoms with E-state index in [0.29, 0.717) is 17.1 Å². The Balaban J connectivity index is 1.70. The van der Waals surface area contributed by atoms with E-state index in [1.807, 2.05) is 32.0 Å². The SMILES string of the molecule is CCc1ccccc1N(CC(=O)N(Cc1cccc(Cl)c1)[C@H](C)C(=O)NC1CCCCC1)S(=O)(=O)c1ccc(C)cc1. The number of rotatable bonds is 11. The molecule has 1 fully saturated rings. The normalized spacial score (nSPS) is 14.7. The first-order valence-electron chi connectivity index (χ1n) is 14.6. The largest absolute Gasteiger partial charge is 0.352 e. The minimum Gasteiger partial charge on any atom is -0.352 e. The van der Waals surface area contributed by atoms with Crippen LogP contribution in [0.1, 0.15) is 62.6 Å². The van der Waals surface area contributed by atoms with Gasteiger partial charge in [-0.05, 0) is 74.6 Å². The molecule has 1 aliphatic rings. The van der Waals surface area contributed by atoms with Crippen molar-refractivity contribution >= 4 is 39.1 Å². The van der Waals surface area contributed by atoms with E-state index in [-0.39, 0.29) is 23.4 Å². The summed E-state index contributed by atoms with van der Waals surface area (Å²) in [5.74, 6) is -0.734. The third-order valence-electron chi connectivity index (χ3n) is 7.89. The predicted molar refractivity (Wildman–Crippen MR) is 168 cm³/mol. The lowest BCUT2D eigenvalue weighted by atomic mass is 9.95. The van der Waals surface area contributed by atoms with E-state index < -0.39 is 28.5 Å². The summed E-state index contributed by atoms with van der Waals surface area (Å²) < 4.78 is 29.4. The molecule has 4 rings (SSSR count). The summed E-state index contributed by atoms with van der Waals surface area (Å²) in [5.41, 5.74) is 2.91. The van der Waals surface area contributed by atoms with Crippen molar-refractivity contribution in [2.24, 2.45) is 0 Å². The zero-order chi connectivity index (χ0) is 30.3. The van der Waals surface area contributed by atoms with Crippen LogP contribution in [0.4, 0.5) is 5.69 Å². The van der Waals surface area contributed by atoms with Gasteiger partial charge in [0.25, 0.3) is 10.0 Å². The van der Waals surface area contributed by atoms with Crippen LogP contribution in [0.3, 0.4) is 0 Å². The highest BCUT2D eigenvalue weighted by atomic mass is 35.5. The standard InChI is InChI=1S/C33H40ClN3O4S/c1-4-27-12-8-9-16-31(27)37(42(40,41)30-19-17-24(2)18-20-30)23-32(38)36(22-26-11-10-13-28(34)21-26)25(3)33(39)35-29-14-6-5-7-15-29/h8-13,16-21,25,29H,4-7,14-15,22-23H2,1-3H3,(H,35,39)/t25-/m1/s1. The highest BCUT2D eigenvalue weighted by Crippen LogP contribution is 2.28. The fourth-order valence-electron chi connectivity index (χ4n) is 5.39. The molecule has 0 heterocycles. The molecule has 0 aromatic heterocycles. The first-order chi connectivity index (χ1) is 20.1. The number of aryl methyl sites for hydroxylation is 2. The molecule has 0 bridgehead atoms. The van der Waals surface area contributed by atoms with Crippen LogP contribution in [0.15, 0.2) is 77.7 Å². The molecule has 224 valence electrons. The number of carbonyl (C=O) groups excluding carboxylic acids is 2. The van der Waals surface area contributed by atoms with Crippen LogP contribution >= 0.6 is 11.6 Å². The maximum atomic E-state index is 14.2. The van der Waals surface area contributed by atoms with Gasteiger partial charge in [-0.2, -0.15) is 0 Å². The Hall–Kier alpha value is -3.36. The molecule has 0 unspecified atom stereocenters. The topological polar surface area (TPSA) is 86.8 Å². The van der Waals surface area contributed by atoms with Crippen LogP contribution in [0.5, 0.6) is 0 Å². The summed E-state index contributed by atoms with van der Waals surface area (Å²) in [6.45, 7) is 5.17. The van der Waals surface area contributed by atoms with Crippen molar-refractivity contribution in [2.45, 2.75) is 82.8 Å². The van der Waals surface area contributed by atoms with Gasteiger partial charge in [0.05, 0.1) is 10.6 Å². The monoisotopic (exact) mass is 609 g/mol.